The number of nitrogens with one attached hydrogen (secondary N) is 1. The molecule has 1 aromatic carbocycles. The van der Waals surface area contributed by atoms with Crippen molar-refractivity contribution in [2.45, 2.75) is 25.2 Å². The van der Waals surface area contributed by atoms with Crippen LogP contribution >= 0.6 is 0 Å². The second-order valence-corrected chi connectivity index (χ2v) is 6.85. The van der Waals surface area contributed by atoms with Crippen molar-refractivity contribution in [3.63, 3.8) is 0 Å². The van der Waals surface area contributed by atoms with Gasteiger partial charge in [-0.05, 0) is 37.1 Å². The van der Waals surface area contributed by atoms with Crippen molar-refractivity contribution in [3.8, 4) is 0 Å². The molecule has 0 fully saturated rings. The molecular formula is C15H17N3O4S. The van der Waals surface area contributed by atoms with Crippen LogP contribution in [0.4, 0.5) is 5.69 Å². The normalized spacial score (nSPS) is 11.4. The Morgan fingerprint density at radius 1 is 1.26 bits per heavy atom. The number of hydrogen-bond acceptors (Lipinski definition) is 5. The summed E-state index contributed by atoms with van der Waals surface area (Å²) in [5, 5.41) is 10.9. The number of nitrogens with zero attached hydrogens (tertiary/aromatic N) is 2. The molecule has 7 nitrogen and oxygen atoms in total. The molecule has 0 aliphatic heterocycles. The van der Waals surface area contributed by atoms with E-state index in [0.29, 0.717) is 17.5 Å². The van der Waals surface area contributed by atoms with E-state index in [4.69, 9.17) is 0 Å². The summed E-state index contributed by atoms with van der Waals surface area (Å²) in [6.07, 6.45) is 2.07. The fourth-order valence-electron chi connectivity index (χ4n) is 2.13. The number of non-ortho nitro benzene ring substituents is 1. The van der Waals surface area contributed by atoms with Gasteiger partial charge in [0.2, 0.25) is 10.0 Å². The third kappa shape index (κ3) is 4.11. The highest BCUT2D eigenvalue weighted by atomic mass is 32.2. The lowest BCUT2D eigenvalue weighted by molar-refractivity contribution is -0.385. The number of nitro groups is 1. The predicted molar refractivity (Wildman–Crippen MR) is 85.7 cm³/mol. The number of aromatic nitrogens is 1. The highest BCUT2D eigenvalue weighted by Gasteiger charge is 2.22. The number of rotatable bonds is 6. The van der Waals surface area contributed by atoms with E-state index in [-0.39, 0.29) is 17.1 Å². The van der Waals surface area contributed by atoms with E-state index in [1.165, 1.54) is 6.07 Å². The molecule has 0 unspecified atom stereocenters. The Morgan fingerprint density at radius 3 is 2.61 bits per heavy atom. The highest BCUT2D eigenvalue weighted by molar-refractivity contribution is 7.89. The van der Waals surface area contributed by atoms with Crippen LogP contribution in [-0.4, -0.2) is 24.9 Å². The van der Waals surface area contributed by atoms with Crippen molar-refractivity contribution in [3.05, 3.63) is 63.5 Å². The van der Waals surface area contributed by atoms with Crippen LogP contribution in [0.15, 0.2) is 41.4 Å². The van der Waals surface area contributed by atoms with Crippen LogP contribution in [0.1, 0.15) is 16.8 Å². The topological polar surface area (TPSA) is 102 Å². The van der Waals surface area contributed by atoms with Crippen molar-refractivity contribution < 1.29 is 13.3 Å². The average molecular weight is 335 g/mol. The molecule has 1 N–H and O–H groups in total. The molecule has 0 amide bonds. The molecule has 1 aromatic heterocycles. The first-order valence-corrected chi connectivity index (χ1v) is 8.45. The summed E-state index contributed by atoms with van der Waals surface area (Å²) in [5.74, 6) is 0. The van der Waals surface area contributed by atoms with Crippen molar-refractivity contribution in [2.24, 2.45) is 0 Å². The number of nitro benzene ring substituents is 1. The number of sulfonamides is 1. The van der Waals surface area contributed by atoms with E-state index in [1.807, 2.05) is 6.07 Å². The number of hydrogen-bond donors (Lipinski definition) is 1. The van der Waals surface area contributed by atoms with Gasteiger partial charge in [-0.3, -0.25) is 15.1 Å². The Bertz CT molecular complexity index is 820. The summed E-state index contributed by atoms with van der Waals surface area (Å²) in [6.45, 7) is 3.45. The monoisotopic (exact) mass is 335 g/mol. The Morgan fingerprint density at radius 2 is 2.00 bits per heavy atom. The van der Waals surface area contributed by atoms with Crippen LogP contribution < -0.4 is 4.72 Å². The molecule has 1 heterocycles. The lowest BCUT2D eigenvalue weighted by Gasteiger charge is -2.11. The summed E-state index contributed by atoms with van der Waals surface area (Å²) in [7, 11) is -3.82. The van der Waals surface area contributed by atoms with Crippen LogP contribution in [0.2, 0.25) is 0 Å². The number of benzene rings is 1. The van der Waals surface area contributed by atoms with Gasteiger partial charge < -0.3 is 0 Å². The lowest BCUT2D eigenvalue weighted by Crippen LogP contribution is -2.27. The molecule has 0 aliphatic carbocycles. The zero-order valence-corrected chi connectivity index (χ0v) is 13.6. The molecule has 2 rings (SSSR count). The van der Waals surface area contributed by atoms with Crippen molar-refractivity contribution >= 4 is 15.7 Å². The molecule has 122 valence electrons. The first-order chi connectivity index (χ1) is 10.8. The molecule has 0 saturated carbocycles. The minimum Gasteiger partial charge on any atom is -0.261 e. The van der Waals surface area contributed by atoms with Crippen LogP contribution in [0, 0.1) is 24.0 Å². The van der Waals surface area contributed by atoms with Crippen LogP contribution in [-0.2, 0) is 16.4 Å². The van der Waals surface area contributed by atoms with Gasteiger partial charge in [-0.25, -0.2) is 13.1 Å². The molecule has 0 aliphatic rings. The van der Waals surface area contributed by atoms with Crippen molar-refractivity contribution in [1.29, 1.82) is 0 Å². The van der Waals surface area contributed by atoms with Gasteiger partial charge in [0.25, 0.3) is 5.69 Å². The molecule has 8 heteroatoms. The zero-order valence-electron chi connectivity index (χ0n) is 12.8. The van der Waals surface area contributed by atoms with Crippen molar-refractivity contribution in [2.75, 3.05) is 6.54 Å². The minimum atomic E-state index is -3.82. The van der Waals surface area contributed by atoms with Gasteiger partial charge in [0, 0.05) is 37.0 Å². The second-order valence-electron chi connectivity index (χ2n) is 5.11. The molecule has 0 bridgehead atoms. The van der Waals surface area contributed by atoms with Gasteiger partial charge in [0.15, 0.2) is 0 Å². The molecule has 0 saturated heterocycles. The van der Waals surface area contributed by atoms with Crippen molar-refractivity contribution in [1.82, 2.24) is 9.71 Å². The van der Waals surface area contributed by atoms with Crippen LogP contribution in [0.25, 0.3) is 0 Å². The molecule has 0 radical (unpaired) electrons. The third-order valence-corrected chi connectivity index (χ3v) is 5.09. The molecule has 0 atom stereocenters. The van der Waals surface area contributed by atoms with E-state index in [0.717, 1.165) is 11.8 Å². The Labute approximate surface area is 134 Å². The maximum atomic E-state index is 12.4. The van der Waals surface area contributed by atoms with E-state index in [1.54, 1.807) is 32.2 Å². The molecule has 2 aromatic rings. The van der Waals surface area contributed by atoms with Gasteiger partial charge in [-0.15, -0.1) is 0 Å². The van der Waals surface area contributed by atoms with E-state index in [2.05, 4.69) is 9.71 Å². The van der Waals surface area contributed by atoms with Gasteiger partial charge in [0.05, 0.1) is 9.82 Å². The zero-order chi connectivity index (χ0) is 17.0. The standard InChI is InChI=1S/C15H17N3O4S/c1-11-9-14(18(19)20)10-15(12(11)2)23(21,22)17-8-6-13-5-3-4-7-16-13/h3-5,7,9-10,17H,6,8H2,1-2H3. The quantitative estimate of drug-likeness (QED) is 0.643. The van der Waals surface area contributed by atoms with Crippen LogP contribution in [0.3, 0.4) is 0 Å². The fourth-order valence-corrected chi connectivity index (χ4v) is 3.50. The highest BCUT2D eigenvalue weighted by Crippen LogP contribution is 2.25. The fraction of sp³-hybridized carbons (Fsp3) is 0.267. The summed E-state index contributed by atoms with van der Waals surface area (Å²) in [5.41, 5.74) is 1.59. The first kappa shape index (κ1) is 17.0. The van der Waals surface area contributed by atoms with Gasteiger partial charge in [-0.2, -0.15) is 0 Å². The molecule has 0 spiro atoms. The Kier molecular flexibility index (Phi) is 5.07. The molecule has 23 heavy (non-hydrogen) atoms. The van der Waals surface area contributed by atoms with Gasteiger partial charge in [0.1, 0.15) is 0 Å². The first-order valence-electron chi connectivity index (χ1n) is 6.96. The van der Waals surface area contributed by atoms with E-state index in [9.17, 15) is 18.5 Å². The Hall–Kier alpha value is -2.32. The van der Waals surface area contributed by atoms with E-state index < -0.39 is 14.9 Å². The summed E-state index contributed by atoms with van der Waals surface area (Å²) >= 11 is 0. The third-order valence-electron chi connectivity index (χ3n) is 3.50. The second kappa shape index (κ2) is 6.84. The maximum absolute atomic E-state index is 12.4. The summed E-state index contributed by atoms with van der Waals surface area (Å²) in [6, 6.07) is 7.86. The SMILES string of the molecule is Cc1cc([N+](=O)[O-])cc(S(=O)(=O)NCCc2ccccn2)c1C. The Balaban J connectivity index is 2.20. The van der Waals surface area contributed by atoms with Crippen LogP contribution in [0.5, 0.6) is 0 Å². The number of pyridine rings is 1. The van der Waals surface area contributed by atoms with Gasteiger partial charge >= 0.3 is 0 Å². The summed E-state index contributed by atoms with van der Waals surface area (Å²) in [4.78, 5) is 14.4. The maximum Gasteiger partial charge on any atom is 0.271 e. The predicted octanol–water partition coefficient (Wildman–Crippen LogP) is 2.13. The smallest absolute Gasteiger partial charge is 0.261 e. The minimum absolute atomic E-state index is 0.0646. The summed E-state index contributed by atoms with van der Waals surface area (Å²) < 4.78 is 27.3. The molecular weight excluding hydrogens is 318 g/mol. The largest absolute Gasteiger partial charge is 0.271 e. The van der Waals surface area contributed by atoms with Gasteiger partial charge in [-0.1, -0.05) is 6.07 Å². The van der Waals surface area contributed by atoms with E-state index >= 15 is 0 Å². The lowest BCUT2D eigenvalue weighted by atomic mass is 10.1. The number of aryl methyl sites for hydroxylation is 1. The average Bonchev–Trinajstić information content (AvgIpc) is 2.50.